The Bertz CT molecular complexity index is 181. The summed E-state index contributed by atoms with van der Waals surface area (Å²) < 4.78 is 0. The molecule has 2 atom stereocenters. The fourth-order valence-corrected chi connectivity index (χ4v) is 5.56. The van der Waals surface area contributed by atoms with Crippen molar-refractivity contribution in [3.63, 3.8) is 0 Å². The van der Waals surface area contributed by atoms with E-state index in [-0.39, 0.29) is 0 Å². The van der Waals surface area contributed by atoms with Crippen LogP contribution in [0.3, 0.4) is 0 Å². The monoisotopic (exact) mass is 184 g/mol. The summed E-state index contributed by atoms with van der Waals surface area (Å²) in [7, 11) is -1.23. The first kappa shape index (κ1) is 9.97. The molecule has 70 valence electrons. The standard InChI is InChI=1S/C10H20OSi/c1-8-6-5-7-9(11)10(8)12(2,3)4/h8,10H,5-7H2,1-4H3/t8-,10-/m1/s1. The van der Waals surface area contributed by atoms with Gasteiger partial charge in [0, 0.05) is 12.0 Å². The summed E-state index contributed by atoms with van der Waals surface area (Å²) in [4.78, 5) is 11.7. The molecule has 1 nitrogen and oxygen atoms in total. The highest BCUT2D eigenvalue weighted by Crippen LogP contribution is 2.38. The van der Waals surface area contributed by atoms with Crippen LogP contribution in [0.15, 0.2) is 0 Å². The average molecular weight is 184 g/mol. The molecule has 0 unspecified atom stereocenters. The van der Waals surface area contributed by atoms with E-state index in [1.54, 1.807) is 0 Å². The quantitative estimate of drug-likeness (QED) is 0.572. The van der Waals surface area contributed by atoms with Crippen LogP contribution in [0.4, 0.5) is 0 Å². The zero-order valence-electron chi connectivity index (χ0n) is 8.68. The molecule has 0 N–H and O–H groups in total. The van der Waals surface area contributed by atoms with Gasteiger partial charge in [-0.25, -0.2) is 0 Å². The van der Waals surface area contributed by atoms with Crippen molar-refractivity contribution in [1.29, 1.82) is 0 Å². The van der Waals surface area contributed by atoms with Crippen molar-refractivity contribution in [2.24, 2.45) is 5.92 Å². The third-order valence-corrected chi connectivity index (χ3v) is 5.69. The lowest BCUT2D eigenvalue weighted by Crippen LogP contribution is -2.39. The molecule has 2 heteroatoms. The van der Waals surface area contributed by atoms with E-state index < -0.39 is 8.07 Å². The largest absolute Gasteiger partial charge is 0.300 e. The Kier molecular flexibility index (Phi) is 2.76. The maximum atomic E-state index is 11.7. The van der Waals surface area contributed by atoms with Crippen molar-refractivity contribution in [2.45, 2.75) is 51.4 Å². The van der Waals surface area contributed by atoms with Crippen molar-refractivity contribution in [2.75, 3.05) is 0 Å². The van der Waals surface area contributed by atoms with Gasteiger partial charge in [0.05, 0.1) is 8.07 Å². The Labute approximate surface area is 76.6 Å². The molecule has 1 rings (SSSR count). The Morgan fingerprint density at radius 3 is 2.25 bits per heavy atom. The molecule has 0 aromatic carbocycles. The van der Waals surface area contributed by atoms with Crippen molar-refractivity contribution in [3.8, 4) is 0 Å². The SMILES string of the molecule is C[C@@H]1CCCC(=O)[C@@H]1[Si](C)(C)C. The van der Waals surface area contributed by atoms with Crippen molar-refractivity contribution < 1.29 is 4.79 Å². The molecule has 0 bridgehead atoms. The molecule has 0 heterocycles. The van der Waals surface area contributed by atoms with E-state index in [2.05, 4.69) is 26.6 Å². The Hall–Kier alpha value is -0.113. The summed E-state index contributed by atoms with van der Waals surface area (Å²) in [5, 5.41) is 0. The van der Waals surface area contributed by atoms with Gasteiger partial charge in [-0.15, -0.1) is 0 Å². The van der Waals surface area contributed by atoms with Crippen LogP contribution in [0, 0.1) is 5.92 Å². The molecule has 0 radical (unpaired) electrons. The fourth-order valence-electron chi connectivity index (χ4n) is 2.57. The van der Waals surface area contributed by atoms with Gasteiger partial charge in [0.15, 0.2) is 0 Å². The molecule has 12 heavy (non-hydrogen) atoms. The summed E-state index contributed by atoms with van der Waals surface area (Å²) in [5.41, 5.74) is 0.436. The molecule has 1 aliphatic rings. The molecule has 0 aliphatic heterocycles. The van der Waals surface area contributed by atoms with Gasteiger partial charge < -0.3 is 0 Å². The van der Waals surface area contributed by atoms with E-state index in [0.717, 1.165) is 12.8 Å². The van der Waals surface area contributed by atoms with E-state index in [1.165, 1.54) is 6.42 Å². The van der Waals surface area contributed by atoms with Gasteiger partial charge in [-0.2, -0.15) is 0 Å². The topological polar surface area (TPSA) is 17.1 Å². The number of carbonyl (C=O) groups is 1. The highest BCUT2D eigenvalue weighted by atomic mass is 28.3. The molecule has 0 aromatic rings. The maximum Gasteiger partial charge on any atom is 0.133 e. The summed E-state index contributed by atoms with van der Waals surface area (Å²) in [6.07, 6.45) is 3.24. The van der Waals surface area contributed by atoms with Gasteiger partial charge in [-0.3, -0.25) is 4.79 Å². The Morgan fingerprint density at radius 1 is 1.33 bits per heavy atom. The van der Waals surface area contributed by atoms with Gasteiger partial charge >= 0.3 is 0 Å². The smallest absolute Gasteiger partial charge is 0.133 e. The second-order valence-electron chi connectivity index (χ2n) is 5.18. The number of carbonyl (C=O) groups excluding carboxylic acids is 1. The van der Waals surface area contributed by atoms with Crippen LogP contribution in [0.1, 0.15) is 26.2 Å². The van der Waals surface area contributed by atoms with Gasteiger partial charge in [-0.1, -0.05) is 26.6 Å². The highest BCUT2D eigenvalue weighted by molar-refractivity contribution is 6.80. The first-order valence-corrected chi connectivity index (χ1v) is 8.53. The molecule has 1 aliphatic carbocycles. The highest BCUT2D eigenvalue weighted by Gasteiger charge is 2.38. The second-order valence-corrected chi connectivity index (χ2v) is 10.5. The molecule has 0 spiro atoms. The van der Waals surface area contributed by atoms with Crippen molar-refractivity contribution in [3.05, 3.63) is 0 Å². The van der Waals surface area contributed by atoms with Gasteiger partial charge in [0.1, 0.15) is 5.78 Å². The lowest BCUT2D eigenvalue weighted by atomic mass is 9.89. The minimum Gasteiger partial charge on any atom is -0.300 e. The van der Waals surface area contributed by atoms with Crippen LogP contribution in [-0.2, 0) is 4.79 Å². The lowest BCUT2D eigenvalue weighted by Gasteiger charge is -2.36. The first-order valence-electron chi connectivity index (χ1n) is 4.95. The number of hydrogen-bond donors (Lipinski definition) is 0. The predicted octanol–water partition coefficient (Wildman–Crippen LogP) is 3.08. The lowest BCUT2D eigenvalue weighted by molar-refractivity contribution is -0.121. The number of rotatable bonds is 1. The normalized spacial score (nSPS) is 32.2. The average Bonchev–Trinajstić information content (AvgIpc) is 1.82. The third kappa shape index (κ3) is 1.97. The third-order valence-electron chi connectivity index (χ3n) is 2.93. The van der Waals surface area contributed by atoms with E-state index >= 15 is 0 Å². The molecule has 0 saturated heterocycles. The Balaban J connectivity index is 2.77. The summed E-state index contributed by atoms with van der Waals surface area (Å²) >= 11 is 0. The molecule has 1 fully saturated rings. The van der Waals surface area contributed by atoms with Crippen molar-refractivity contribution >= 4 is 13.9 Å². The first-order chi connectivity index (χ1) is 5.43. The van der Waals surface area contributed by atoms with Crippen LogP contribution < -0.4 is 0 Å². The molecular formula is C10H20OSi. The summed E-state index contributed by atoms with van der Waals surface area (Å²) in [6.45, 7) is 9.20. The molecular weight excluding hydrogens is 164 g/mol. The van der Waals surface area contributed by atoms with Gasteiger partial charge in [0.25, 0.3) is 0 Å². The fraction of sp³-hybridized carbons (Fsp3) is 0.900. The number of ketones is 1. The van der Waals surface area contributed by atoms with E-state index in [1.807, 2.05) is 0 Å². The van der Waals surface area contributed by atoms with E-state index in [0.29, 0.717) is 17.2 Å². The number of Topliss-reactive ketones (excluding diaryl/α,β-unsaturated/α-hetero) is 1. The van der Waals surface area contributed by atoms with Gasteiger partial charge in [-0.05, 0) is 18.8 Å². The predicted molar refractivity (Wildman–Crippen MR) is 55.1 cm³/mol. The van der Waals surface area contributed by atoms with E-state index in [4.69, 9.17) is 0 Å². The summed E-state index contributed by atoms with van der Waals surface area (Å²) in [5.74, 6) is 1.20. The van der Waals surface area contributed by atoms with Crippen LogP contribution in [-0.4, -0.2) is 13.9 Å². The van der Waals surface area contributed by atoms with Crippen LogP contribution in [0.25, 0.3) is 0 Å². The van der Waals surface area contributed by atoms with Crippen LogP contribution in [0.5, 0.6) is 0 Å². The zero-order chi connectivity index (χ0) is 9.35. The zero-order valence-corrected chi connectivity index (χ0v) is 9.68. The minimum atomic E-state index is -1.23. The van der Waals surface area contributed by atoms with Crippen molar-refractivity contribution in [1.82, 2.24) is 0 Å². The molecule has 1 saturated carbocycles. The van der Waals surface area contributed by atoms with Crippen LogP contribution >= 0.6 is 0 Å². The maximum absolute atomic E-state index is 11.7. The number of hydrogen-bond acceptors (Lipinski definition) is 1. The van der Waals surface area contributed by atoms with Crippen LogP contribution in [0.2, 0.25) is 25.2 Å². The molecule has 0 aromatic heterocycles. The minimum absolute atomic E-state index is 0.436. The Morgan fingerprint density at radius 2 is 1.92 bits per heavy atom. The summed E-state index contributed by atoms with van der Waals surface area (Å²) in [6, 6.07) is 0. The van der Waals surface area contributed by atoms with E-state index in [9.17, 15) is 4.79 Å². The van der Waals surface area contributed by atoms with Gasteiger partial charge in [0.2, 0.25) is 0 Å². The second kappa shape index (κ2) is 3.33. The molecule has 0 amide bonds.